The lowest BCUT2D eigenvalue weighted by molar-refractivity contribution is 0.446. The highest BCUT2D eigenvalue weighted by Crippen LogP contribution is 2.22. The second-order valence-electron chi connectivity index (χ2n) is 4.19. The van der Waals surface area contributed by atoms with Crippen molar-refractivity contribution in [2.45, 2.75) is 19.9 Å². The summed E-state index contributed by atoms with van der Waals surface area (Å²) in [5.74, 6) is 0. The lowest BCUT2D eigenvalue weighted by atomic mass is 10.2. The van der Waals surface area contributed by atoms with Gasteiger partial charge in [0.1, 0.15) is 0 Å². The van der Waals surface area contributed by atoms with Crippen LogP contribution in [0.4, 0.5) is 5.69 Å². The highest BCUT2D eigenvalue weighted by Gasteiger charge is 2.28. The molecule has 15 heavy (non-hydrogen) atoms. The summed E-state index contributed by atoms with van der Waals surface area (Å²) in [4.78, 5) is 4.34. The second kappa shape index (κ2) is 3.81. The first-order valence-corrected chi connectivity index (χ1v) is 5.61. The number of thiocarbonyl (C=S) groups is 1. The average Bonchev–Trinajstić information content (AvgIpc) is 2.47. The van der Waals surface area contributed by atoms with E-state index in [9.17, 15) is 0 Å². The van der Waals surface area contributed by atoms with Crippen molar-refractivity contribution in [1.82, 2.24) is 4.90 Å². The molecule has 2 rings (SSSR count). The fourth-order valence-electron chi connectivity index (χ4n) is 1.78. The van der Waals surface area contributed by atoms with Crippen LogP contribution in [0.15, 0.2) is 24.3 Å². The van der Waals surface area contributed by atoms with Gasteiger partial charge in [0.05, 0.1) is 0 Å². The van der Waals surface area contributed by atoms with Crippen LogP contribution in [0.25, 0.3) is 0 Å². The largest absolute Gasteiger partial charge is 0.347 e. The monoisotopic (exact) mass is 220 g/mol. The molecule has 1 heterocycles. The van der Waals surface area contributed by atoms with Crippen LogP contribution in [0.2, 0.25) is 0 Å². The smallest absolute Gasteiger partial charge is 0.176 e. The molecule has 1 saturated heterocycles. The Morgan fingerprint density at radius 1 is 1.27 bits per heavy atom. The molecule has 3 heteroatoms. The molecule has 80 valence electrons. The first-order chi connectivity index (χ1) is 7.09. The van der Waals surface area contributed by atoms with Gasteiger partial charge in [0.25, 0.3) is 0 Å². The topological polar surface area (TPSA) is 6.48 Å². The average molecular weight is 220 g/mol. The Morgan fingerprint density at radius 3 is 2.33 bits per heavy atom. The van der Waals surface area contributed by atoms with Gasteiger partial charge in [-0.05, 0) is 38.2 Å². The van der Waals surface area contributed by atoms with Crippen molar-refractivity contribution < 1.29 is 0 Å². The molecule has 0 bridgehead atoms. The molecule has 0 spiro atoms. The van der Waals surface area contributed by atoms with E-state index in [1.165, 1.54) is 11.3 Å². The zero-order valence-electron chi connectivity index (χ0n) is 9.40. The maximum Gasteiger partial charge on any atom is 0.176 e. The molecule has 0 aliphatic carbocycles. The molecule has 1 atom stereocenters. The lowest BCUT2D eigenvalue weighted by Crippen LogP contribution is -2.29. The number of hydrogen-bond donors (Lipinski definition) is 0. The van der Waals surface area contributed by atoms with Crippen molar-refractivity contribution in [3.8, 4) is 0 Å². The van der Waals surface area contributed by atoms with E-state index >= 15 is 0 Å². The lowest BCUT2D eigenvalue weighted by Gasteiger charge is -2.19. The normalized spacial score (nSPS) is 21.3. The Labute approximate surface area is 96.5 Å². The Bertz CT molecular complexity index is 372. The van der Waals surface area contributed by atoms with Crippen LogP contribution in [0.5, 0.6) is 0 Å². The second-order valence-corrected chi connectivity index (χ2v) is 4.55. The van der Waals surface area contributed by atoms with E-state index in [-0.39, 0.29) is 0 Å². The molecule has 0 radical (unpaired) electrons. The minimum atomic E-state index is 0.499. The van der Waals surface area contributed by atoms with E-state index in [1.54, 1.807) is 0 Å². The van der Waals surface area contributed by atoms with Gasteiger partial charge in [-0.2, -0.15) is 0 Å². The third kappa shape index (κ3) is 1.84. The van der Waals surface area contributed by atoms with Crippen LogP contribution in [-0.2, 0) is 0 Å². The molecular formula is C12H16N2S. The van der Waals surface area contributed by atoms with E-state index in [1.807, 2.05) is 0 Å². The Balaban J connectivity index is 2.26. The molecule has 1 aromatic carbocycles. The van der Waals surface area contributed by atoms with Gasteiger partial charge < -0.3 is 9.80 Å². The van der Waals surface area contributed by atoms with Crippen LogP contribution >= 0.6 is 12.2 Å². The summed E-state index contributed by atoms with van der Waals surface area (Å²) in [6.45, 7) is 5.28. The predicted molar refractivity (Wildman–Crippen MR) is 68.3 cm³/mol. The minimum Gasteiger partial charge on any atom is -0.347 e. The quantitative estimate of drug-likeness (QED) is 0.671. The summed E-state index contributed by atoms with van der Waals surface area (Å²) >= 11 is 5.41. The van der Waals surface area contributed by atoms with Gasteiger partial charge in [-0.3, -0.25) is 0 Å². The SMILES string of the molecule is Cc1ccc(N2CC(C)N(C)C2=S)cc1. The summed E-state index contributed by atoms with van der Waals surface area (Å²) in [6.07, 6.45) is 0. The fraction of sp³-hybridized carbons (Fsp3) is 0.417. The van der Waals surface area contributed by atoms with Gasteiger partial charge in [0.2, 0.25) is 0 Å². The molecule has 1 aliphatic heterocycles. The minimum absolute atomic E-state index is 0.499. The molecule has 0 aromatic heterocycles. The van der Waals surface area contributed by atoms with Crippen molar-refractivity contribution in [1.29, 1.82) is 0 Å². The third-order valence-corrected chi connectivity index (χ3v) is 3.49. The number of anilines is 1. The molecular weight excluding hydrogens is 204 g/mol. The third-order valence-electron chi connectivity index (χ3n) is 2.99. The molecule has 1 unspecified atom stereocenters. The van der Waals surface area contributed by atoms with Crippen molar-refractivity contribution in [2.75, 3.05) is 18.5 Å². The maximum absolute atomic E-state index is 5.41. The Hall–Kier alpha value is -1.09. The van der Waals surface area contributed by atoms with E-state index in [4.69, 9.17) is 12.2 Å². The summed E-state index contributed by atoms with van der Waals surface area (Å²) in [7, 11) is 2.06. The van der Waals surface area contributed by atoms with Crippen molar-refractivity contribution in [3.63, 3.8) is 0 Å². The summed E-state index contributed by atoms with van der Waals surface area (Å²) in [6, 6.07) is 9.02. The van der Waals surface area contributed by atoms with E-state index in [2.05, 4.69) is 55.0 Å². The van der Waals surface area contributed by atoms with Gasteiger partial charge in [-0.1, -0.05) is 17.7 Å². The maximum atomic E-state index is 5.41. The van der Waals surface area contributed by atoms with Crippen molar-refractivity contribution >= 4 is 23.0 Å². The van der Waals surface area contributed by atoms with Crippen LogP contribution < -0.4 is 4.90 Å². The van der Waals surface area contributed by atoms with Gasteiger partial charge in [-0.15, -0.1) is 0 Å². The first kappa shape index (κ1) is 10.4. The number of hydrogen-bond acceptors (Lipinski definition) is 1. The highest BCUT2D eigenvalue weighted by molar-refractivity contribution is 7.80. The van der Waals surface area contributed by atoms with Gasteiger partial charge in [-0.25, -0.2) is 0 Å². The number of nitrogens with zero attached hydrogens (tertiary/aromatic N) is 2. The molecule has 0 amide bonds. The van der Waals surface area contributed by atoms with Gasteiger partial charge >= 0.3 is 0 Å². The first-order valence-electron chi connectivity index (χ1n) is 5.20. The zero-order chi connectivity index (χ0) is 11.0. The Kier molecular flexibility index (Phi) is 2.65. The van der Waals surface area contributed by atoms with Crippen LogP contribution in [0, 0.1) is 6.92 Å². The number of rotatable bonds is 1. The standard InChI is InChI=1S/C12H16N2S/c1-9-4-6-11(7-5-9)14-8-10(2)13(3)12(14)15/h4-7,10H,8H2,1-3H3. The van der Waals surface area contributed by atoms with Crippen molar-refractivity contribution in [3.05, 3.63) is 29.8 Å². The Morgan fingerprint density at radius 2 is 1.87 bits per heavy atom. The van der Waals surface area contributed by atoms with Gasteiger partial charge in [0, 0.05) is 25.3 Å². The highest BCUT2D eigenvalue weighted by atomic mass is 32.1. The van der Waals surface area contributed by atoms with Crippen LogP contribution in [-0.4, -0.2) is 29.6 Å². The molecule has 1 aromatic rings. The predicted octanol–water partition coefficient (Wildman–Crippen LogP) is 2.42. The van der Waals surface area contributed by atoms with Gasteiger partial charge in [0.15, 0.2) is 5.11 Å². The molecule has 2 nitrogen and oxygen atoms in total. The number of likely N-dealkylation sites (N-methyl/N-ethyl adjacent to an activating group) is 1. The molecule has 0 N–H and O–H groups in total. The summed E-state index contributed by atoms with van der Waals surface area (Å²) in [5, 5.41) is 0.923. The number of benzene rings is 1. The van der Waals surface area contributed by atoms with E-state index < -0.39 is 0 Å². The molecule has 1 fully saturated rings. The van der Waals surface area contributed by atoms with E-state index in [0.29, 0.717) is 6.04 Å². The number of aryl methyl sites for hydroxylation is 1. The van der Waals surface area contributed by atoms with E-state index in [0.717, 1.165) is 11.7 Å². The van der Waals surface area contributed by atoms with Crippen LogP contribution in [0.3, 0.4) is 0 Å². The fourth-order valence-corrected chi connectivity index (χ4v) is 2.14. The summed E-state index contributed by atoms with van der Waals surface area (Å²) in [5.41, 5.74) is 2.48. The van der Waals surface area contributed by atoms with Crippen molar-refractivity contribution in [2.24, 2.45) is 0 Å². The van der Waals surface area contributed by atoms with Crippen LogP contribution in [0.1, 0.15) is 12.5 Å². The molecule has 1 aliphatic rings. The molecule has 0 saturated carbocycles. The summed E-state index contributed by atoms with van der Waals surface area (Å²) < 4.78 is 0. The zero-order valence-corrected chi connectivity index (χ0v) is 10.2.